The van der Waals surface area contributed by atoms with Crippen LogP contribution in [0.15, 0.2) is 0 Å². The van der Waals surface area contributed by atoms with Crippen LogP contribution in [0.25, 0.3) is 0 Å². The van der Waals surface area contributed by atoms with Crippen LogP contribution in [-0.2, 0) is 21.2 Å². The SMILES string of the molecule is [O]=[Cr](=[O])([OH])[OH].[U]. The molecule has 0 saturated carbocycles. The maximum Gasteiger partial charge on any atom is 0 e. The normalized spacial score (nSPS) is 9.67. The summed E-state index contributed by atoms with van der Waals surface area (Å²) >= 11 is -5.25. The van der Waals surface area contributed by atoms with Crippen LogP contribution in [0.3, 0.4) is 0 Å². The van der Waals surface area contributed by atoms with Crippen molar-refractivity contribution < 1.29 is 60.6 Å². The zero-order valence-electron chi connectivity index (χ0n) is 2.62. The average Bonchev–Trinajstić information content (AvgIpc) is 0.722. The molecule has 0 atom stereocenters. The molecule has 0 aliphatic carbocycles. The van der Waals surface area contributed by atoms with E-state index in [4.69, 9.17) is 15.9 Å². The minimum atomic E-state index is -5.25. The van der Waals surface area contributed by atoms with E-state index in [0.29, 0.717) is 0 Å². The fraction of sp³-hybridized carbons (Fsp3) is 0. The van der Waals surface area contributed by atoms with E-state index in [1.165, 1.54) is 0 Å². The van der Waals surface area contributed by atoms with Gasteiger partial charge in [-0.2, -0.15) is 0 Å². The summed E-state index contributed by atoms with van der Waals surface area (Å²) in [6.45, 7) is 0. The molecule has 4 nitrogen and oxygen atoms in total. The second-order valence-corrected chi connectivity index (χ2v) is 1.85. The standard InChI is InChI=1S/Cr.2H2O.2O.U/h;2*1H2;;;/q+2;;;;;/p-2. The Labute approximate surface area is 60.3 Å². The van der Waals surface area contributed by atoms with Crippen LogP contribution in [-0.4, -0.2) is 8.32 Å². The van der Waals surface area contributed by atoms with Crippen molar-refractivity contribution in [3.63, 3.8) is 0 Å². The van der Waals surface area contributed by atoms with Gasteiger partial charge in [-0.25, -0.2) is 0 Å². The van der Waals surface area contributed by atoms with Crippen LogP contribution < -0.4 is 0 Å². The smallest absolute Gasteiger partial charge is 0 e. The first-order chi connectivity index (χ1) is 2.00. The van der Waals surface area contributed by atoms with E-state index in [1.807, 2.05) is 0 Å². The number of hydrogen-bond donors (Lipinski definition) is 2. The van der Waals surface area contributed by atoms with Crippen molar-refractivity contribution in [2.75, 3.05) is 0 Å². The van der Waals surface area contributed by atoms with Crippen molar-refractivity contribution in [2.24, 2.45) is 0 Å². The Balaban J connectivity index is 0. The summed E-state index contributed by atoms with van der Waals surface area (Å²) in [5.74, 6) is 0. The Morgan fingerprint density at radius 2 is 1.17 bits per heavy atom. The molecule has 0 radical (unpaired) electrons. The van der Waals surface area contributed by atoms with E-state index < -0.39 is 13.6 Å². The molecule has 6 heavy (non-hydrogen) atoms. The van der Waals surface area contributed by atoms with Crippen molar-refractivity contribution in [1.82, 2.24) is 0 Å². The van der Waals surface area contributed by atoms with Crippen LogP contribution >= 0.6 is 0 Å². The van der Waals surface area contributed by atoms with E-state index in [2.05, 4.69) is 0 Å². The summed E-state index contributed by atoms with van der Waals surface area (Å²) < 4.78 is 31.9. The summed E-state index contributed by atoms with van der Waals surface area (Å²) in [5.41, 5.74) is 0. The van der Waals surface area contributed by atoms with Crippen molar-refractivity contribution >= 4 is 0 Å². The molecule has 0 amide bonds. The molecule has 0 saturated heterocycles. The van der Waals surface area contributed by atoms with Crippen molar-refractivity contribution in [1.29, 1.82) is 0 Å². The molecule has 0 bridgehead atoms. The average molecular weight is 356 g/mol. The Morgan fingerprint density at radius 1 is 1.17 bits per heavy atom. The van der Waals surface area contributed by atoms with Crippen LogP contribution in [0.4, 0.5) is 0 Å². The summed E-state index contributed by atoms with van der Waals surface area (Å²) in [6.07, 6.45) is 0. The van der Waals surface area contributed by atoms with Gasteiger partial charge in [-0.3, -0.25) is 0 Å². The molecular formula is H2CrO4U. The van der Waals surface area contributed by atoms with Gasteiger partial charge in [0.25, 0.3) is 0 Å². The van der Waals surface area contributed by atoms with Crippen molar-refractivity contribution in [3.05, 3.63) is 0 Å². The topological polar surface area (TPSA) is 74.6 Å². The molecule has 0 aromatic rings. The second-order valence-electron chi connectivity index (χ2n) is 0.448. The van der Waals surface area contributed by atoms with E-state index in [0.717, 1.165) is 0 Å². The zero-order chi connectivity index (χ0) is 4.50. The van der Waals surface area contributed by atoms with Gasteiger partial charge in [-0.15, -0.1) is 0 Å². The monoisotopic (exact) mass is 356 g/mol. The summed E-state index contributed by atoms with van der Waals surface area (Å²) in [6, 6.07) is 0. The molecule has 0 aromatic heterocycles. The van der Waals surface area contributed by atoms with Crippen LogP contribution in [0.5, 0.6) is 0 Å². The summed E-state index contributed by atoms with van der Waals surface area (Å²) in [7, 11) is 0. The minimum absolute atomic E-state index is 0. The van der Waals surface area contributed by atoms with Crippen LogP contribution in [0, 0.1) is 31.1 Å². The van der Waals surface area contributed by atoms with Crippen molar-refractivity contribution in [2.45, 2.75) is 0 Å². The number of hydrogen-bond acceptors (Lipinski definition) is 2. The van der Waals surface area contributed by atoms with E-state index in [9.17, 15) is 0 Å². The molecule has 0 rings (SSSR count). The van der Waals surface area contributed by atoms with Gasteiger partial charge in [0.05, 0.1) is 0 Å². The first kappa shape index (κ1) is 10.2. The van der Waals surface area contributed by atoms with E-state index in [1.54, 1.807) is 0 Å². The predicted molar refractivity (Wildman–Crippen MR) is 5.81 cm³/mol. The Morgan fingerprint density at radius 3 is 1.17 bits per heavy atom. The van der Waals surface area contributed by atoms with Gasteiger partial charge in [-0.1, -0.05) is 0 Å². The third-order valence-corrected chi connectivity index (χ3v) is 0. The van der Waals surface area contributed by atoms with Gasteiger partial charge < -0.3 is 0 Å². The molecule has 0 aliphatic heterocycles. The van der Waals surface area contributed by atoms with Gasteiger partial charge in [0.2, 0.25) is 0 Å². The molecule has 0 heterocycles. The van der Waals surface area contributed by atoms with E-state index in [-0.39, 0.29) is 31.1 Å². The minimum Gasteiger partial charge on any atom is 0 e. The second kappa shape index (κ2) is 3.15. The molecule has 0 spiro atoms. The quantitative estimate of drug-likeness (QED) is 0.563. The van der Waals surface area contributed by atoms with Gasteiger partial charge in [0.1, 0.15) is 0 Å². The summed E-state index contributed by atoms with van der Waals surface area (Å²) in [4.78, 5) is 0. The molecule has 0 unspecified atom stereocenters. The third kappa shape index (κ3) is 70.5. The maximum atomic E-state index is 8.82. The van der Waals surface area contributed by atoms with E-state index >= 15 is 0 Å². The van der Waals surface area contributed by atoms with Gasteiger partial charge in [0.15, 0.2) is 0 Å². The first-order valence-corrected chi connectivity index (χ1v) is 2.88. The molecule has 0 aromatic carbocycles. The Kier molecular flexibility index (Phi) is 5.34. The predicted octanol–water partition coefficient (Wildman–Crippen LogP) is -1.35. The molecular weight excluding hydrogens is 354 g/mol. The Hall–Kier alpha value is 1.10. The molecule has 0 fully saturated rings. The maximum absolute atomic E-state index is 8.82. The number of rotatable bonds is 0. The van der Waals surface area contributed by atoms with Crippen LogP contribution in [0.1, 0.15) is 0 Å². The molecule has 2 N–H and O–H groups in total. The molecule has 36 valence electrons. The largest absolute Gasteiger partial charge is 0 e. The Bertz CT molecular complexity index is 90.7. The fourth-order valence-electron chi connectivity index (χ4n) is 0. The van der Waals surface area contributed by atoms with Gasteiger partial charge >= 0.3 is 29.5 Å². The summed E-state index contributed by atoms with van der Waals surface area (Å²) in [5, 5.41) is 0. The van der Waals surface area contributed by atoms with Gasteiger partial charge in [-0.05, 0) is 0 Å². The third-order valence-electron chi connectivity index (χ3n) is 0. The first-order valence-electron chi connectivity index (χ1n) is 0.698. The fourth-order valence-corrected chi connectivity index (χ4v) is 0. The zero-order valence-corrected chi connectivity index (χ0v) is 8.06. The molecule has 6 heteroatoms. The van der Waals surface area contributed by atoms with Gasteiger partial charge in [0, 0.05) is 31.1 Å². The van der Waals surface area contributed by atoms with Crippen molar-refractivity contribution in [3.8, 4) is 0 Å². The molecule has 0 aliphatic rings. The van der Waals surface area contributed by atoms with Crippen LogP contribution in [0.2, 0.25) is 0 Å².